The highest BCUT2D eigenvalue weighted by Gasteiger charge is 2.29. The number of ether oxygens (including phenoxy) is 1. The van der Waals surface area contributed by atoms with E-state index in [-0.39, 0.29) is 11.8 Å². The molecule has 1 saturated heterocycles. The molecule has 0 aromatic rings. The SMILES string of the molecule is O=C(NC1CCCC1Br)C1CCOCC1. The molecule has 15 heavy (non-hydrogen) atoms. The highest BCUT2D eigenvalue weighted by molar-refractivity contribution is 9.09. The van der Waals surface area contributed by atoms with Gasteiger partial charge in [-0.25, -0.2) is 0 Å². The summed E-state index contributed by atoms with van der Waals surface area (Å²) in [6.07, 6.45) is 5.27. The molecule has 1 amide bonds. The van der Waals surface area contributed by atoms with E-state index in [0.29, 0.717) is 10.9 Å². The van der Waals surface area contributed by atoms with Gasteiger partial charge in [0.25, 0.3) is 0 Å². The molecule has 0 spiro atoms. The number of hydrogen-bond acceptors (Lipinski definition) is 2. The molecule has 4 heteroatoms. The Morgan fingerprint density at radius 1 is 1.20 bits per heavy atom. The number of amides is 1. The number of hydrogen-bond donors (Lipinski definition) is 1. The van der Waals surface area contributed by atoms with Gasteiger partial charge in [-0.3, -0.25) is 4.79 Å². The normalized spacial score (nSPS) is 32.9. The van der Waals surface area contributed by atoms with Gasteiger partial charge in [-0.15, -0.1) is 0 Å². The summed E-state index contributed by atoms with van der Waals surface area (Å²) < 4.78 is 5.25. The van der Waals surface area contributed by atoms with Crippen molar-refractivity contribution in [2.24, 2.45) is 5.92 Å². The molecule has 0 radical (unpaired) electrons. The van der Waals surface area contributed by atoms with Crippen LogP contribution in [0.5, 0.6) is 0 Å². The Morgan fingerprint density at radius 2 is 1.93 bits per heavy atom. The Morgan fingerprint density at radius 3 is 2.53 bits per heavy atom. The van der Waals surface area contributed by atoms with Crippen molar-refractivity contribution < 1.29 is 9.53 Å². The molecule has 0 bridgehead atoms. The van der Waals surface area contributed by atoms with E-state index in [4.69, 9.17) is 4.74 Å². The molecule has 1 heterocycles. The van der Waals surface area contributed by atoms with Gasteiger partial charge in [-0.1, -0.05) is 22.4 Å². The molecule has 1 N–H and O–H groups in total. The number of carbonyl (C=O) groups is 1. The lowest BCUT2D eigenvalue weighted by Gasteiger charge is -2.24. The Bertz CT molecular complexity index is 229. The zero-order chi connectivity index (χ0) is 10.7. The minimum atomic E-state index is 0.180. The molecule has 0 aromatic carbocycles. The second kappa shape index (κ2) is 5.30. The summed E-state index contributed by atoms with van der Waals surface area (Å²) in [5.74, 6) is 0.411. The molecule has 2 aliphatic rings. The van der Waals surface area contributed by atoms with Crippen molar-refractivity contribution in [3.63, 3.8) is 0 Å². The van der Waals surface area contributed by atoms with Crippen molar-refractivity contribution in [3.8, 4) is 0 Å². The van der Waals surface area contributed by atoms with E-state index in [1.165, 1.54) is 12.8 Å². The first-order valence-electron chi connectivity index (χ1n) is 5.79. The molecule has 3 nitrogen and oxygen atoms in total. The third-order valence-corrected chi connectivity index (χ3v) is 4.45. The van der Waals surface area contributed by atoms with Gasteiger partial charge in [0.15, 0.2) is 0 Å². The van der Waals surface area contributed by atoms with Gasteiger partial charge in [0.1, 0.15) is 0 Å². The number of nitrogens with one attached hydrogen (secondary N) is 1. The van der Waals surface area contributed by atoms with Crippen molar-refractivity contribution in [3.05, 3.63) is 0 Å². The second-order valence-electron chi connectivity index (χ2n) is 4.45. The summed E-state index contributed by atoms with van der Waals surface area (Å²) in [6, 6.07) is 0.348. The topological polar surface area (TPSA) is 38.3 Å². The van der Waals surface area contributed by atoms with Gasteiger partial charge < -0.3 is 10.1 Å². The third-order valence-electron chi connectivity index (χ3n) is 3.35. The van der Waals surface area contributed by atoms with Crippen LogP contribution in [0.2, 0.25) is 0 Å². The number of halogens is 1. The zero-order valence-corrected chi connectivity index (χ0v) is 10.5. The van der Waals surface area contributed by atoms with Crippen LogP contribution < -0.4 is 5.32 Å². The predicted octanol–water partition coefficient (Wildman–Crippen LogP) is 1.85. The lowest BCUT2D eigenvalue weighted by atomic mass is 9.99. The fourth-order valence-electron chi connectivity index (χ4n) is 2.34. The molecule has 2 unspecified atom stereocenters. The minimum Gasteiger partial charge on any atom is -0.381 e. The summed E-state index contributed by atoms with van der Waals surface area (Å²) in [4.78, 5) is 12.4. The van der Waals surface area contributed by atoms with Gasteiger partial charge in [-0.05, 0) is 25.7 Å². The number of rotatable bonds is 2. The molecule has 1 aliphatic heterocycles. The van der Waals surface area contributed by atoms with Gasteiger partial charge in [-0.2, -0.15) is 0 Å². The van der Waals surface area contributed by atoms with E-state index in [1.54, 1.807) is 0 Å². The summed E-state index contributed by atoms with van der Waals surface area (Å²) >= 11 is 3.62. The Kier molecular flexibility index (Phi) is 4.03. The molecule has 1 saturated carbocycles. The first-order valence-corrected chi connectivity index (χ1v) is 6.71. The van der Waals surface area contributed by atoms with Crippen LogP contribution in [-0.2, 0) is 9.53 Å². The first kappa shape index (κ1) is 11.4. The average molecular weight is 276 g/mol. The maximum atomic E-state index is 11.9. The van der Waals surface area contributed by atoms with Crippen molar-refractivity contribution in [1.82, 2.24) is 5.32 Å². The summed E-state index contributed by atoms with van der Waals surface area (Å²) in [5.41, 5.74) is 0. The molecular formula is C11H18BrNO2. The average Bonchev–Trinajstić information content (AvgIpc) is 2.66. The van der Waals surface area contributed by atoms with Crippen molar-refractivity contribution >= 4 is 21.8 Å². The highest BCUT2D eigenvalue weighted by Crippen LogP contribution is 2.26. The number of carbonyl (C=O) groups excluding carboxylic acids is 1. The van der Waals surface area contributed by atoms with Crippen molar-refractivity contribution in [2.45, 2.75) is 43.0 Å². The Labute approximate surface area is 99.1 Å². The van der Waals surface area contributed by atoms with Crippen LogP contribution >= 0.6 is 15.9 Å². The minimum absolute atomic E-state index is 0.180. The fourth-order valence-corrected chi connectivity index (χ4v) is 3.06. The maximum Gasteiger partial charge on any atom is 0.223 e. The van der Waals surface area contributed by atoms with E-state index < -0.39 is 0 Å². The standard InChI is InChI=1S/C11H18BrNO2/c12-9-2-1-3-10(9)13-11(14)8-4-6-15-7-5-8/h8-10H,1-7H2,(H,13,14). The van der Waals surface area contributed by atoms with Crippen molar-refractivity contribution in [2.75, 3.05) is 13.2 Å². The Balaban J connectivity index is 1.80. The summed E-state index contributed by atoms with van der Waals surface area (Å²) in [5, 5.41) is 3.16. The van der Waals surface area contributed by atoms with E-state index >= 15 is 0 Å². The monoisotopic (exact) mass is 275 g/mol. The molecule has 86 valence electrons. The van der Waals surface area contributed by atoms with Crippen LogP contribution in [0, 0.1) is 5.92 Å². The lowest BCUT2D eigenvalue weighted by Crippen LogP contribution is -2.42. The van der Waals surface area contributed by atoms with E-state index in [9.17, 15) is 4.79 Å². The fraction of sp³-hybridized carbons (Fsp3) is 0.909. The maximum absolute atomic E-state index is 11.9. The largest absolute Gasteiger partial charge is 0.381 e. The first-order chi connectivity index (χ1) is 7.27. The van der Waals surface area contributed by atoms with Crippen LogP contribution in [0.25, 0.3) is 0 Å². The molecule has 0 aromatic heterocycles. The van der Waals surface area contributed by atoms with E-state index in [2.05, 4.69) is 21.2 Å². The third kappa shape index (κ3) is 2.94. The van der Waals surface area contributed by atoms with Gasteiger partial charge in [0.2, 0.25) is 5.91 Å². The molecule has 2 atom stereocenters. The quantitative estimate of drug-likeness (QED) is 0.782. The second-order valence-corrected chi connectivity index (χ2v) is 5.62. The van der Waals surface area contributed by atoms with Crippen LogP contribution in [0.3, 0.4) is 0 Å². The van der Waals surface area contributed by atoms with Gasteiger partial charge >= 0.3 is 0 Å². The lowest BCUT2D eigenvalue weighted by molar-refractivity contribution is -0.128. The molecule has 2 rings (SSSR count). The van der Waals surface area contributed by atoms with Crippen LogP contribution in [-0.4, -0.2) is 30.0 Å². The summed E-state index contributed by atoms with van der Waals surface area (Å²) in [6.45, 7) is 1.47. The zero-order valence-electron chi connectivity index (χ0n) is 8.88. The predicted molar refractivity (Wildman–Crippen MR) is 62.0 cm³/mol. The van der Waals surface area contributed by atoms with E-state index in [1.807, 2.05) is 0 Å². The molecule has 1 aliphatic carbocycles. The summed E-state index contributed by atoms with van der Waals surface area (Å²) in [7, 11) is 0. The smallest absolute Gasteiger partial charge is 0.223 e. The Hall–Kier alpha value is -0.0900. The highest BCUT2D eigenvalue weighted by atomic mass is 79.9. The van der Waals surface area contributed by atoms with Crippen LogP contribution in [0.4, 0.5) is 0 Å². The number of alkyl halides is 1. The molecule has 2 fully saturated rings. The van der Waals surface area contributed by atoms with Crippen molar-refractivity contribution in [1.29, 1.82) is 0 Å². The van der Waals surface area contributed by atoms with Gasteiger partial charge in [0, 0.05) is 30.0 Å². The molecular weight excluding hydrogens is 258 g/mol. The van der Waals surface area contributed by atoms with Crippen LogP contribution in [0.1, 0.15) is 32.1 Å². The van der Waals surface area contributed by atoms with Crippen LogP contribution in [0.15, 0.2) is 0 Å². The van der Waals surface area contributed by atoms with Gasteiger partial charge in [0.05, 0.1) is 0 Å². The van der Waals surface area contributed by atoms with E-state index in [0.717, 1.165) is 32.5 Å².